The third-order valence-corrected chi connectivity index (χ3v) is 7.78. The van der Waals surface area contributed by atoms with Gasteiger partial charge in [0.2, 0.25) is 0 Å². The molecule has 0 spiro atoms. The number of aryl methyl sites for hydroxylation is 1. The molecule has 3 unspecified atom stereocenters. The van der Waals surface area contributed by atoms with Crippen LogP contribution >= 0.6 is 0 Å². The second-order valence-corrected chi connectivity index (χ2v) is 10.8. The standard InChI is InChI=1S/C29H39N3O5/c1-6-7-8-9-18-13-23-25(20-12-17(2)10-11-21(20)29(3,4)37-23)26(33)24(18)27(34)32-22(28(35)36-5)14-19-15-30-16-31-19/h12-13,15-16,20-22,33H,6-11,14H2,1-5H3,(H,30,31)(H,32,34). The number of methoxy groups -OCH3 is 1. The summed E-state index contributed by atoms with van der Waals surface area (Å²) >= 11 is 0. The predicted molar refractivity (Wildman–Crippen MR) is 141 cm³/mol. The number of fused-ring (bicyclic) bond motifs is 3. The highest BCUT2D eigenvalue weighted by Gasteiger charge is 2.46. The molecule has 0 radical (unpaired) electrons. The molecule has 1 aromatic heterocycles. The Labute approximate surface area is 218 Å². The minimum Gasteiger partial charge on any atom is -0.507 e. The molecule has 8 nitrogen and oxygen atoms in total. The number of ether oxygens (including phenoxy) is 2. The van der Waals surface area contributed by atoms with Crippen molar-refractivity contribution in [1.29, 1.82) is 0 Å². The number of hydrogen-bond donors (Lipinski definition) is 3. The third kappa shape index (κ3) is 5.53. The Balaban J connectivity index is 1.77. The Hall–Kier alpha value is -3.29. The zero-order chi connectivity index (χ0) is 26.7. The van der Waals surface area contributed by atoms with Crippen LogP contribution in [0, 0.1) is 5.92 Å². The van der Waals surface area contributed by atoms with Crippen LogP contribution in [0.5, 0.6) is 11.5 Å². The molecule has 0 saturated carbocycles. The lowest BCUT2D eigenvalue weighted by Crippen LogP contribution is -2.46. The Morgan fingerprint density at radius 3 is 2.81 bits per heavy atom. The molecule has 2 heterocycles. The molecule has 2 aliphatic rings. The van der Waals surface area contributed by atoms with Crippen LogP contribution in [0.15, 0.2) is 30.2 Å². The lowest BCUT2D eigenvalue weighted by molar-refractivity contribution is -0.142. The van der Waals surface area contributed by atoms with Gasteiger partial charge in [0.25, 0.3) is 5.91 Å². The number of amides is 1. The van der Waals surface area contributed by atoms with Crippen LogP contribution < -0.4 is 10.1 Å². The topological polar surface area (TPSA) is 114 Å². The minimum absolute atomic E-state index is 0.0508. The molecule has 37 heavy (non-hydrogen) atoms. The summed E-state index contributed by atoms with van der Waals surface area (Å²) in [6.07, 6.45) is 11.0. The van der Waals surface area contributed by atoms with Crippen molar-refractivity contribution in [2.24, 2.45) is 5.92 Å². The average Bonchev–Trinajstić information content (AvgIpc) is 3.35. The molecule has 0 saturated heterocycles. The molecule has 200 valence electrons. The molecule has 1 aliphatic heterocycles. The first-order chi connectivity index (χ1) is 17.7. The summed E-state index contributed by atoms with van der Waals surface area (Å²) in [5.41, 5.74) is 3.16. The van der Waals surface area contributed by atoms with Crippen LogP contribution in [0.25, 0.3) is 0 Å². The van der Waals surface area contributed by atoms with E-state index < -0.39 is 23.5 Å². The van der Waals surface area contributed by atoms with E-state index in [1.54, 1.807) is 6.20 Å². The molecule has 3 atom stereocenters. The van der Waals surface area contributed by atoms with Crippen LogP contribution in [-0.2, 0) is 22.4 Å². The van der Waals surface area contributed by atoms with Crippen molar-refractivity contribution >= 4 is 11.9 Å². The maximum atomic E-state index is 13.8. The van der Waals surface area contributed by atoms with Gasteiger partial charge in [0.1, 0.15) is 23.1 Å². The Morgan fingerprint density at radius 1 is 1.35 bits per heavy atom. The number of phenols is 1. The average molecular weight is 510 g/mol. The van der Waals surface area contributed by atoms with E-state index in [-0.39, 0.29) is 29.6 Å². The Bertz CT molecular complexity index is 1170. The largest absolute Gasteiger partial charge is 0.507 e. The lowest BCUT2D eigenvalue weighted by Gasteiger charge is -2.46. The number of phenolic OH excluding ortho intramolecular Hbond substituents is 1. The number of aromatic amines is 1. The van der Waals surface area contributed by atoms with Crippen LogP contribution in [0.3, 0.4) is 0 Å². The van der Waals surface area contributed by atoms with Crippen LogP contribution in [0.2, 0.25) is 0 Å². The van der Waals surface area contributed by atoms with Gasteiger partial charge in [-0.2, -0.15) is 0 Å². The molecule has 0 bridgehead atoms. The lowest BCUT2D eigenvalue weighted by atomic mass is 9.67. The van der Waals surface area contributed by atoms with Gasteiger partial charge in [-0.1, -0.05) is 31.4 Å². The highest BCUT2D eigenvalue weighted by molar-refractivity contribution is 6.01. The van der Waals surface area contributed by atoms with Crippen molar-refractivity contribution in [3.8, 4) is 11.5 Å². The van der Waals surface area contributed by atoms with E-state index in [1.807, 2.05) is 6.07 Å². The number of rotatable bonds is 9. The number of carbonyl (C=O) groups is 2. The second-order valence-electron chi connectivity index (χ2n) is 10.8. The molecule has 3 N–H and O–H groups in total. The Kier molecular flexibility index (Phi) is 7.95. The first-order valence-electron chi connectivity index (χ1n) is 13.3. The van der Waals surface area contributed by atoms with E-state index in [0.717, 1.165) is 37.7 Å². The highest BCUT2D eigenvalue weighted by Crippen LogP contribution is 2.54. The quantitative estimate of drug-likeness (QED) is 0.250. The van der Waals surface area contributed by atoms with Gasteiger partial charge < -0.3 is 24.9 Å². The molecule has 4 rings (SSSR count). The van der Waals surface area contributed by atoms with Crippen molar-refractivity contribution in [1.82, 2.24) is 15.3 Å². The number of allylic oxidation sites excluding steroid dienone is 2. The number of imidazole rings is 1. The van der Waals surface area contributed by atoms with E-state index in [4.69, 9.17) is 9.47 Å². The smallest absolute Gasteiger partial charge is 0.328 e. The first kappa shape index (κ1) is 26.8. The summed E-state index contributed by atoms with van der Waals surface area (Å²) in [5, 5.41) is 14.5. The number of nitrogens with one attached hydrogen (secondary N) is 2. The number of benzene rings is 1. The zero-order valence-electron chi connectivity index (χ0n) is 22.5. The number of carbonyl (C=O) groups excluding carboxylic acids is 2. The van der Waals surface area contributed by atoms with Gasteiger partial charge in [-0.25, -0.2) is 9.78 Å². The van der Waals surface area contributed by atoms with Gasteiger partial charge in [0.05, 0.1) is 19.0 Å². The highest BCUT2D eigenvalue weighted by atomic mass is 16.5. The number of nitrogens with zero attached hydrogens (tertiary/aromatic N) is 1. The molecule has 1 amide bonds. The predicted octanol–water partition coefficient (Wildman–Crippen LogP) is 4.97. The number of aromatic hydroxyl groups is 1. The number of H-pyrrole nitrogens is 1. The van der Waals surface area contributed by atoms with Crippen LogP contribution in [0.4, 0.5) is 0 Å². The van der Waals surface area contributed by atoms with Gasteiger partial charge in [0, 0.05) is 35.7 Å². The van der Waals surface area contributed by atoms with Crippen molar-refractivity contribution < 1.29 is 24.2 Å². The minimum atomic E-state index is -0.934. The Morgan fingerprint density at radius 2 is 2.14 bits per heavy atom. The molecule has 0 fully saturated rings. The zero-order valence-corrected chi connectivity index (χ0v) is 22.5. The summed E-state index contributed by atoms with van der Waals surface area (Å²) in [6.45, 7) is 8.44. The van der Waals surface area contributed by atoms with Gasteiger partial charge >= 0.3 is 5.97 Å². The summed E-state index contributed by atoms with van der Waals surface area (Å²) in [6, 6.07) is 0.994. The summed E-state index contributed by atoms with van der Waals surface area (Å²) in [5.74, 6) is -0.351. The fourth-order valence-corrected chi connectivity index (χ4v) is 5.81. The number of unbranched alkanes of at least 4 members (excludes halogenated alkanes) is 2. The summed E-state index contributed by atoms with van der Waals surface area (Å²) in [7, 11) is 1.29. The van der Waals surface area contributed by atoms with Gasteiger partial charge in [-0.3, -0.25) is 4.79 Å². The molecular weight excluding hydrogens is 470 g/mol. The number of esters is 1. The molecule has 1 aliphatic carbocycles. The van der Waals surface area contributed by atoms with E-state index in [9.17, 15) is 14.7 Å². The van der Waals surface area contributed by atoms with Crippen molar-refractivity contribution in [2.45, 2.75) is 90.2 Å². The van der Waals surface area contributed by atoms with Gasteiger partial charge in [0.15, 0.2) is 0 Å². The maximum absolute atomic E-state index is 13.8. The fraction of sp³-hybridized carbons (Fsp3) is 0.552. The number of aromatic nitrogens is 2. The van der Waals surface area contributed by atoms with Crippen LogP contribution in [0.1, 0.15) is 92.9 Å². The molecular formula is C29H39N3O5. The summed E-state index contributed by atoms with van der Waals surface area (Å²) in [4.78, 5) is 33.3. The van der Waals surface area contributed by atoms with E-state index in [0.29, 0.717) is 23.4 Å². The van der Waals surface area contributed by atoms with Gasteiger partial charge in [-0.05, 0) is 58.1 Å². The SMILES string of the molecule is CCCCCc1cc2c(c(O)c1C(=O)NC(Cc1cnc[nH]1)C(=O)OC)C1C=C(C)CCC1C(C)(C)O2. The molecule has 1 aromatic carbocycles. The maximum Gasteiger partial charge on any atom is 0.328 e. The number of hydrogen-bond acceptors (Lipinski definition) is 6. The third-order valence-electron chi connectivity index (χ3n) is 7.78. The van der Waals surface area contributed by atoms with E-state index >= 15 is 0 Å². The molecule has 8 heteroatoms. The summed E-state index contributed by atoms with van der Waals surface area (Å²) < 4.78 is 11.4. The second kappa shape index (κ2) is 11.0. The van der Waals surface area contributed by atoms with E-state index in [2.05, 4.69) is 49.1 Å². The van der Waals surface area contributed by atoms with Crippen molar-refractivity contribution in [3.63, 3.8) is 0 Å². The van der Waals surface area contributed by atoms with Crippen molar-refractivity contribution in [2.75, 3.05) is 7.11 Å². The van der Waals surface area contributed by atoms with Gasteiger partial charge in [-0.15, -0.1) is 0 Å². The monoisotopic (exact) mass is 509 g/mol. The van der Waals surface area contributed by atoms with Crippen molar-refractivity contribution in [3.05, 3.63) is 52.6 Å². The molecule has 2 aromatic rings. The normalized spacial score (nSPS) is 20.6. The van der Waals surface area contributed by atoms with E-state index in [1.165, 1.54) is 19.0 Å². The first-order valence-corrected chi connectivity index (χ1v) is 13.3. The van der Waals surface area contributed by atoms with Crippen LogP contribution in [-0.4, -0.2) is 45.7 Å². The fourth-order valence-electron chi connectivity index (χ4n) is 5.81.